The number of ether oxygens (including phenoxy) is 2. The van der Waals surface area contributed by atoms with Gasteiger partial charge in [-0.3, -0.25) is 0 Å². The zero-order valence-corrected chi connectivity index (χ0v) is 18.8. The van der Waals surface area contributed by atoms with Crippen LogP contribution < -0.4 is 4.74 Å². The molecule has 1 aromatic carbocycles. The lowest BCUT2D eigenvalue weighted by atomic mass is 9.95. The maximum Gasteiger partial charge on any atom is 0.192 e. The lowest BCUT2D eigenvalue weighted by Gasteiger charge is -2.42. The Morgan fingerprint density at radius 3 is 2.15 bits per heavy atom. The Morgan fingerprint density at radius 2 is 1.69 bits per heavy atom. The molecule has 1 aromatic rings. The number of hydrogen-bond acceptors (Lipinski definition) is 3. The standard InChI is InChI=1S/C22H36O3Si/c1-10-17(2)21(25-26(8,9)22(4,5)6)18(3)15-24-16-19-11-13-20(23-7)14-12-19/h1,11-14,17-18,21H,15-16H2,2-9H3/t17-,18-,21+/m0/s1. The van der Waals surface area contributed by atoms with Gasteiger partial charge < -0.3 is 13.9 Å². The number of hydrogen-bond donors (Lipinski definition) is 0. The van der Waals surface area contributed by atoms with Gasteiger partial charge in [0, 0.05) is 11.8 Å². The summed E-state index contributed by atoms with van der Waals surface area (Å²) in [5.41, 5.74) is 1.13. The summed E-state index contributed by atoms with van der Waals surface area (Å²) in [7, 11) is -0.219. The summed E-state index contributed by atoms with van der Waals surface area (Å²) in [5, 5.41) is 0.156. The van der Waals surface area contributed by atoms with Gasteiger partial charge >= 0.3 is 0 Å². The Hall–Kier alpha value is -1.28. The molecule has 0 aliphatic heterocycles. The van der Waals surface area contributed by atoms with E-state index < -0.39 is 8.32 Å². The van der Waals surface area contributed by atoms with Crippen LogP contribution in [0.1, 0.15) is 40.2 Å². The van der Waals surface area contributed by atoms with Crippen molar-refractivity contribution in [3.05, 3.63) is 29.8 Å². The molecule has 3 nitrogen and oxygen atoms in total. The fourth-order valence-corrected chi connectivity index (χ4v) is 3.97. The van der Waals surface area contributed by atoms with Crippen LogP contribution in [0.4, 0.5) is 0 Å². The van der Waals surface area contributed by atoms with Crippen LogP contribution in [0.15, 0.2) is 24.3 Å². The van der Waals surface area contributed by atoms with Crippen molar-refractivity contribution in [2.24, 2.45) is 11.8 Å². The molecule has 0 unspecified atom stereocenters. The largest absolute Gasteiger partial charge is 0.497 e. The monoisotopic (exact) mass is 376 g/mol. The van der Waals surface area contributed by atoms with Gasteiger partial charge in [0.25, 0.3) is 0 Å². The summed E-state index contributed by atoms with van der Waals surface area (Å²) < 4.78 is 17.8. The van der Waals surface area contributed by atoms with Gasteiger partial charge in [-0.2, -0.15) is 0 Å². The highest BCUT2D eigenvalue weighted by atomic mass is 28.4. The molecule has 0 saturated heterocycles. The number of methoxy groups -OCH3 is 1. The number of benzene rings is 1. The summed E-state index contributed by atoms with van der Waals surface area (Å²) in [4.78, 5) is 0. The van der Waals surface area contributed by atoms with Gasteiger partial charge in [0.2, 0.25) is 0 Å². The van der Waals surface area contributed by atoms with Crippen molar-refractivity contribution in [3.63, 3.8) is 0 Å². The predicted molar refractivity (Wildman–Crippen MR) is 112 cm³/mol. The average Bonchev–Trinajstić information content (AvgIpc) is 2.58. The Labute approximate surface area is 161 Å². The molecule has 0 aliphatic rings. The van der Waals surface area contributed by atoms with Crippen LogP contribution in [0.2, 0.25) is 18.1 Å². The van der Waals surface area contributed by atoms with E-state index in [2.05, 4.69) is 53.6 Å². The summed E-state index contributed by atoms with van der Waals surface area (Å²) in [6.07, 6.45) is 5.73. The maximum atomic E-state index is 6.65. The van der Waals surface area contributed by atoms with E-state index in [9.17, 15) is 0 Å². The molecule has 0 radical (unpaired) electrons. The first-order valence-electron chi connectivity index (χ1n) is 9.36. The third kappa shape index (κ3) is 6.46. The quantitative estimate of drug-likeness (QED) is 0.420. The molecule has 146 valence electrons. The van der Waals surface area contributed by atoms with Gasteiger partial charge in [0.1, 0.15) is 5.75 Å². The smallest absolute Gasteiger partial charge is 0.192 e. The van der Waals surface area contributed by atoms with E-state index >= 15 is 0 Å². The van der Waals surface area contributed by atoms with Crippen LogP contribution in [0.25, 0.3) is 0 Å². The first-order chi connectivity index (χ1) is 12.0. The predicted octanol–water partition coefficient (Wildman–Crippen LogP) is 5.51. The highest BCUT2D eigenvalue weighted by Crippen LogP contribution is 2.39. The second-order valence-corrected chi connectivity index (χ2v) is 13.4. The Balaban J connectivity index is 2.68. The van der Waals surface area contributed by atoms with Crippen molar-refractivity contribution < 1.29 is 13.9 Å². The zero-order chi connectivity index (χ0) is 20.0. The molecule has 0 aliphatic carbocycles. The van der Waals surface area contributed by atoms with E-state index in [1.807, 2.05) is 24.3 Å². The SMILES string of the molecule is C#C[C@H](C)[C@@H](O[Si](C)(C)C(C)(C)C)[C@@H](C)COCc1ccc(OC)cc1. The van der Waals surface area contributed by atoms with Gasteiger partial charge in [-0.25, -0.2) is 0 Å². The van der Waals surface area contributed by atoms with Gasteiger partial charge in [-0.1, -0.05) is 39.8 Å². The first-order valence-corrected chi connectivity index (χ1v) is 12.3. The summed E-state index contributed by atoms with van der Waals surface area (Å²) in [6.45, 7) is 16.7. The molecule has 4 heteroatoms. The summed E-state index contributed by atoms with van der Waals surface area (Å²) in [5.74, 6) is 4.01. The zero-order valence-electron chi connectivity index (χ0n) is 17.8. The van der Waals surface area contributed by atoms with Crippen molar-refractivity contribution in [2.45, 2.75) is 65.5 Å². The van der Waals surface area contributed by atoms with E-state index in [0.29, 0.717) is 13.2 Å². The molecule has 3 atom stereocenters. The van der Waals surface area contributed by atoms with Gasteiger partial charge in [0.05, 0.1) is 26.4 Å². The van der Waals surface area contributed by atoms with Crippen LogP contribution >= 0.6 is 0 Å². The second kappa shape index (κ2) is 9.59. The molecule has 0 saturated carbocycles. The highest BCUT2D eigenvalue weighted by molar-refractivity contribution is 6.74. The van der Waals surface area contributed by atoms with E-state index in [0.717, 1.165) is 11.3 Å². The Morgan fingerprint density at radius 1 is 1.12 bits per heavy atom. The molecule has 0 N–H and O–H groups in total. The number of terminal acetylenes is 1. The van der Waals surface area contributed by atoms with E-state index in [4.69, 9.17) is 20.3 Å². The maximum absolute atomic E-state index is 6.65. The molecule has 0 amide bonds. The van der Waals surface area contributed by atoms with Crippen LogP contribution in [0.5, 0.6) is 5.75 Å². The first kappa shape index (κ1) is 22.8. The normalized spacial score (nSPS) is 15.8. The molecule has 0 fully saturated rings. The van der Waals surface area contributed by atoms with Crippen molar-refractivity contribution in [2.75, 3.05) is 13.7 Å². The fraction of sp³-hybridized carbons (Fsp3) is 0.636. The summed E-state index contributed by atoms with van der Waals surface area (Å²) in [6, 6.07) is 7.95. The third-order valence-corrected chi connectivity index (χ3v) is 9.84. The summed E-state index contributed by atoms with van der Waals surface area (Å²) >= 11 is 0. The van der Waals surface area contributed by atoms with Crippen molar-refractivity contribution >= 4 is 8.32 Å². The van der Waals surface area contributed by atoms with Crippen LogP contribution in [-0.2, 0) is 15.8 Å². The minimum Gasteiger partial charge on any atom is -0.497 e. The third-order valence-electron chi connectivity index (χ3n) is 5.36. The Bertz CT molecular complexity index is 581. The molecule has 0 bridgehead atoms. The number of rotatable bonds is 9. The van der Waals surface area contributed by atoms with E-state index in [-0.39, 0.29) is 23.0 Å². The molecular formula is C22H36O3Si. The minimum atomic E-state index is -1.89. The minimum absolute atomic E-state index is 0.0109. The molecule has 0 aromatic heterocycles. The van der Waals surface area contributed by atoms with Crippen LogP contribution in [0.3, 0.4) is 0 Å². The topological polar surface area (TPSA) is 27.7 Å². The lowest BCUT2D eigenvalue weighted by molar-refractivity contribution is 0.0210. The van der Waals surface area contributed by atoms with E-state index in [1.165, 1.54) is 0 Å². The molecule has 26 heavy (non-hydrogen) atoms. The molecule has 0 spiro atoms. The molecule has 0 heterocycles. The van der Waals surface area contributed by atoms with E-state index in [1.54, 1.807) is 7.11 Å². The van der Waals surface area contributed by atoms with Crippen LogP contribution in [-0.4, -0.2) is 28.1 Å². The highest BCUT2D eigenvalue weighted by Gasteiger charge is 2.41. The second-order valence-electron chi connectivity index (χ2n) is 8.64. The van der Waals surface area contributed by atoms with Gasteiger partial charge in [-0.15, -0.1) is 12.3 Å². The van der Waals surface area contributed by atoms with Gasteiger partial charge in [-0.05, 0) is 42.8 Å². The van der Waals surface area contributed by atoms with Crippen molar-refractivity contribution in [1.29, 1.82) is 0 Å². The average molecular weight is 377 g/mol. The van der Waals surface area contributed by atoms with Gasteiger partial charge in [0.15, 0.2) is 8.32 Å². The van der Waals surface area contributed by atoms with Crippen LogP contribution in [0, 0.1) is 24.2 Å². The fourth-order valence-electron chi connectivity index (χ4n) is 2.50. The lowest BCUT2D eigenvalue weighted by Crippen LogP contribution is -2.47. The Kier molecular flexibility index (Phi) is 8.40. The molecular weight excluding hydrogens is 340 g/mol. The molecule has 1 rings (SSSR count). The van der Waals surface area contributed by atoms with Crippen molar-refractivity contribution in [3.8, 4) is 18.1 Å². The van der Waals surface area contributed by atoms with Crippen molar-refractivity contribution in [1.82, 2.24) is 0 Å².